The van der Waals surface area contributed by atoms with Gasteiger partial charge in [0, 0.05) is 12.3 Å². The first kappa shape index (κ1) is 13.0. The molecule has 0 bridgehead atoms. The Kier molecular flexibility index (Phi) is 4.59. The van der Waals surface area contributed by atoms with Gasteiger partial charge in [-0.3, -0.25) is 0 Å². The van der Waals surface area contributed by atoms with Gasteiger partial charge in [0.25, 0.3) is 0 Å². The summed E-state index contributed by atoms with van der Waals surface area (Å²) < 4.78 is 23.0. The molecule has 1 aliphatic rings. The maximum Gasteiger partial charge on any atom is 0.151 e. The van der Waals surface area contributed by atoms with Gasteiger partial charge in [0.15, 0.2) is 9.84 Å². The van der Waals surface area contributed by atoms with E-state index >= 15 is 0 Å². The van der Waals surface area contributed by atoms with Crippen LogP contribution in [0.2, 0.25) is 0 Å². The van der Waals surface area contributed by atoms with E-state index in [1.807, 2.05) is 0 Å². The Hall–Kier alpha value is -0.0900. The molecule has 0 saturated heterocycles. The molecule has 0 spiro atoms. The Balaban J connectivity index is 2.47. The maximum absolute atomic E-state index is 11.5. The highest BCUT2D eigenvalue weighted by Crippen LogP contribution is 2.25. The van der Waals surface area contributed by atoms with E-state index < -0.39 is 9.84 Å². The largest absolute Gasteiger partial charge is 0.312 e. The molecule has 1 aliphatic carbocycles. The lowest BCUT2D eigenvalue weighted by molar-refractivity contribution is 0.438. The van der Waals surface area contributed by atoms with Crippen LogP contribution in [0.15, 0.2) is 0 Å². The Labute approximate surface area is 93.6 Å². The van der Waals surface area contributed by atoms with Crippen LogP contribution in [-0.4, -0.2) is 32.5 Å². The monoisotopic (exact) mass is 233 g/mol. The molecule has 90 valence electrons. The van der Waals surface area contributed by atoms with Crippen LogP contribution in [0.3, 0.4) is 0 Å². The molecule has 0 aromatic heterocycles. The zero-order valence-electron chi connectivity index (χ0n) is 9.99. The number of hydrogen-bond donors (Lipinski definition) is 1. The molecule has 4 heteroatoms. The third kappa shape index (κ3) is 3.76. The molecule has 1 rings (SSSR count). The zero-order valence-corrected chi connectivity index (χ0v) is 10.8. The predicted octanol–water partition coefficient (Wildman–Crippen LogP) is 1.59. The zero-order chi connectivity index (χ0) is 11.5. The molecule has 15 heavy (non-hydrogen) atoms. The third-order valence-corrected chi connectivity index (χ3v) is 5.09. The summed E-state index contributed by atoms with van der Waals surface area (Å²) in [6, 6.07) is 0.189. The normalized spacial score (nSPS) is 29.3. The van der Waals surface area contributed by atoms with E-state index in [0.717, 1.165) is 32.2 Å². The summed E-state index contributed by atoms with van der Waals surface area (Å²) in [6.07, 6.45) is 5.38. The molecule has 3 unspecified atom stereocenters. The van der Waals surface area contributed by atoms with Gasteiger partial charge >= 0.3 is 0 Å². The summed E-state index contributed by atoms with van der Waals surface area (Å²) in [5.74, 6) is 0.630. The van der Waals surface area contributed by atoms with Crippen molar-refractivity contribution >= 4 is 9.84 Å². The molecule has 0 amide bonds. The van der Waals surface area contributed by atoms with Crippen molar-refractivity contribution in [2.45, 2.75) is 50.8 Å². The minimum absolute atomic E-state index is 0.151. The molecule has 0 heterocycles. The number of nitrogens with one attached hydrogen (secondary N) is 1. The number of hydrogen-bond acceptors (Lipinski definition) is 3. The Morgan fingerprint density at radius 3 is 2.60 bits per heavy atom. The van der Waals surface area contributed by atoms with Crippen molar-refractivity contribution in [3.63, 3.8) is 0 Å². The molecular weight excluding hydrogens is 210 g/mol. The minimum atomic E-state index is -2.87. The smallest absolute Gasteiger partial charge is 0.151 e. The lowest BCUT2D eigenvalue weighted by Crippen LogP contribution is -2.41. The van der Waals surface area contributed by atoms with E-state index in [9.17, 15) is 8.42 Å². The van der Waals surface area contributed by atoms with Crippen LogP contribution in [0.5, 0.6) is 0 Å². The van der Waals surface area contributed by atoms with Crippen LogP contribution < -0.4 is 5.32 Å². The standard InChI is InChI=1S/C11H23NO2S/c1-4-9(2)8-12-10-6-5-7-11(10)15(3,13)14/h9-12H,4-8H2,1-3H3. The van der Waals surface area contributed by atoms with Crippen LogP contribution in [-0.2, 0) is 9.84 Å². The molecule has 0 aliphatic heterocycles. The molecule has 1 N–H and O–H groups in total. The third-order valence-electron chi connectivity index (χ3n) is 3.43. The van der Waals surface area contributed by atoms with Gasteiger partial charge in [-0.1, -0.05) is 26.7 Å². The summed E-state index contributed by atoms with van der Waals surface area (Å²) >= 11 is 0. The van der Waals surface area contributed by atoms with Crippen molar-refractivity contribution in [3.05, 3.63) is 0 Å². The van der Waals surface area contributed by atoms with E-state index in [1.165, 1.54) is 6.26 Å². The van der Waals surface area contributed by atoms with Gasteiger partial charge in [-0.2, -0.15) is 0 Å². The minimum Gasteiger partial charge on any atom is -0.312 e. The van der Waals surface area contributed by atoms with E-state index in [0.29, 0.717) is 5.92 Å². The van der Waals surface area contributed by atoms with Gasteiger partial charge < -0.3 is 5.32 Å². The summed E-state index contributed by atoms with van der Waals surface area (Å²) in [6.45, 7) is 5.29. The molecule has 1 fully saturated rings. The van der Waals surface area contributed by atoms with Crippen LogP contribution in [0.1, 0.15) is 39.5 Å². The predicted molar refractivity (Wildman–Crippen MR) is 63.7 cm³/mol. The van der Waals surface area contributed by atoms with E-state index in [2.05, 4.69) is 19.2 Å². The molecule has 0 aromatic carbocycles. The fourth-order valence-corrected chi connectivity index (χ4v) is 3.59. The van der Waals surface area contributed by atoms with Gasteiger partial charge in [0.1, 0.15) is 0 Å². The second kappa shape index (κ2) is 5.30. The molecular formula is C11H23NO2S. The quantitative estimate of drug-likeness (QED) is 0.784. The Bertz CT molecular complexity index is 287. The number of sulfone groups is 1. The molecule has 0 radical (unpaired) electrons. The fraction of sp³-hybridized carbons (Fsp3) is 1.00. The highest BCUT2D eigenvalue weighted by atomic mass is 32.2. The Morgan fingerprint density at radius 1 is 1.40 bits per heavy atom. The second-order valence-electron chi connectivity index (χ2n) is 4.83. The van der Waals surface area contributed by atoms with Crippen LogP contribution in [0, 0.1) is 5.92 Å². The summed E-state index contributed by atoms with van der Waals surface area (Å²) in [5, 5.41) is 3.26. The lowest BCUT2D eigenvalue weighted by atomic mass is 10.1. The van der Waals surface area contributed by atoms with Crippen molar-refractivity contribution in [3.8, 4) is 0 Å². The van der Waals surface area contributed by atoms with Gasteiger partial charge in [-0.15, -0.1) is 0 Å². The van der Waals surface area contributed by atoms with Crippen LogP contribution in [0.4, 0.5) is 0 Å². The van der Waals surface area contributed by atoms with Crippen LogP contribution >= 0.6 is 0 Å². The first-order valence-corrected chi connectivity index (χ1v) is 7.82. The van der Waals surface area contributed by atoms with Crippen molar-refractivity contribution in [1.82, 2.24) is 5.32 Å². The highest BCUT2D eigenvalue weighted by Gasteiger charge is 2.34. The van der Waals surface area contributed by atoms with Gasteiger partial charge in [0.05, 0.1) is 5.25 Å². The SMILES string of the molecule is CCC(C)CNC1CCCC1S(C)(=O)=O. The molecule has 0 aromatic rings. The Morgan fingerprint density at radius 2 is 2.07 bits per heavy atom. The van der Waals surface area contributed by atoms with Crippen molar-refractivity contribution in [1.29, 1.82) is 0 Å². The first-order chi connectivity index (χ1) is 6.95. The lowest BCUT2D eigenvalue weighted by Gasteiger charge is -2.21. The summed E-state index contributed by atoms with van der Waals surface area (Å²) in [4.78, 5) is 0. The van der Waals surface area contributed by atoms with E-state index in [-0.39, 0.29) is 11.3 Å². The highest BCUT2D eigenvalue weighted by molar-refractivity contribution is 7.91. The molecule has 1 saturated carbocycles. The number of rotatable bonds is 5. The summed E-state index contributed by atoms with van der Waals surface area (Å²) in [7, 11) is -2.87. The van der Waals surface area contributed by atoms with E-state index in [4.69, 9.17) is 0 Å². The first-order valence-electron chi connectivity index (χ1n) is 5.87. The van der Waals surface area contributed by atoms with Crippen molar-refractivity contribution in [2.24, 2.45) is 5.92 Å². The van der Waals surface area contributed by atoms with Crippen LogP contribution in [0.25, 0.3) is 0 Å². The molecule has 3 atom stereocenters. The van der Waals surface area contributed by atoms with Gasteiger partial charge in [-0.05, 0) is 25.3 Å². The van der Waals surface area contributed by atoms with E-state index in [1.54, 1.807) is 0 Å². The van der Waals surface area contributed by atoms with Gasteiger partial charge in [-0.25, -0.2) is 8.42 Å². The maximum atomic E-state index is 11.5. The summed E-state index contributed by atoms with van der Waals surface area (Å²) in [5.41, 5.74) is 0. The second-order valence-corrected chi connectivity index (χ2v) is 7.09. The fourth-order valence-electron chi connectivity index (χ4n) is 2.17. The average molecular weight is 233 g/mol. The van der Waals surface area contributed by atoms with Crippen molar-refractivity contribution in [2.75, 3.05) is 12.8 Å². The van der Waals surface area contributed by atoms with Crippen molar-refractivity contribution < 1.29 is 8.42 Å². The average Bonchev–Trinajstić information content (AvgIpc) is 2.61. The topological polar surface area (TPSA) is 46.2 Å². The molecule has 3 nitrogen and oxygen atoms in total. The van der Waals surface area contributed by atoms with Gasteiger partial charge in [0.2, 0.25) is 0 Å².